The van der Waals surface area contributed by atoms with E-state index in [0.29, 0.717) is 0 Å². The van der Waals surface area contributed by atoms with Crippen LogP contribution in [0.2, 0.25) is 0 Å². The van der Waals surface area contributed by atoms with E-state index in [-0.39, 0.29) is 0 Å². The van der Waals surface area contributed by atoms with Gasteiger partial charge in [-0.25, -0.2) is 4.70 Å². The number of rotatable bonds is 12. The average Bonchev–Trinajstić information content (AvgIpc) is 3.09. The quantitative estimate of drug-likeness (QED) is 0.245. The molecule has 0 fully saturated rings. The molecule has 0 aliphatic carbocycles. The minimum Gasteiger partial charge on any atom is -0.493 e. The highest BCUT2D eigenvalue weighted by atomic mass is 15.2. The van der Waals surface area contributed by atoms with Gasteiger partial charge in [-0.1, -0.05) is 76.6 Å². The van der Waals surface area contributed by atoms with E-state index in [0.717, 1.165) is 40.9 Å². The molecule has 2 nitrogen and oxygen atoms in total. The lowest BCUT2D eigenvalue weighted by Gasteiger charge is -2.10. The van der Waals surface area contributed by atoms with Crippen LogP contribution in [0.5, 0.6) is 0 Å². The van der Waals surface area contributed by atoms with Gasteiger partial charge in [-0.15, -0.1) is 0 Å². The lowest BCUT2D eigenvalue weighted by Crippen LogP contribution is -2.02. The molecule has 0 bridgehead atoms. The summed E-state index contributed by atoms with van der Waals surface area (Å²) in [6, 6.07) is 17.4. The van der Waals surface area contributed by atoms with E-state index in [9.17, 15) is 5.53 Å². The van der Waals surface area contributed by atoms with E-state index in [1.54, 1.807) is 0 Å². The molecule has 2 aromatic carbocycles. The average molecular weight is 415 g/mol. The van der Waals surface area contributed by atoms with E-state index in [4.69, 9.17) is 0 Å². The second kappa shape index (κ2) is 11.8. The Balaban J connectivity index is 1.60. The van der Waals surface area contributed by atoms with Crippen LogP contribution in [-0.2, 0) is 12.8 Å². The first-order valence-electron chi connectivity index (χ1n) is 12.2. The molecule has 0 saturated heterocycles. The van der Waals surface area contributed by atoms with Crippen molar-refractivity contribution in [1.29, 1.82) is 0 Å². The lowest BCUT2D eigenvalue weighted by atomic mass is 10.0. The highest BCUT2D eigenvalue weighted by molar-refractivity contribution is 5.77. The second-order valence-corrected chi connectivity index (χ2v) is 8.89. The van der Waals surface area contributed by atoms with Gasteiger partial charge in [0.25, 0.3) is 0 Å². The van der Waals surface area contributed by atoms with Crippen molar-refractivity contribution in [1.82, 2.24) is 0 Å². The third-order valence-corrected chi connectivity index (χ3v) is 6.28. The number of hydrogen-bond donors (Lipinski definition) is 0. The Bertz CT molecular complexity index is 914. The predicted octanol–water partition coefficient (Wildman–Crippen LogP) is 8.75. The van der Waals surface area contributed by atoms with Crippen molar-refractivity contribution in [3.8, 4) is 0 Å². The van der Waals surface area contributed by atoms with Gasteiger partial charge in [0, 0.05) is 22.8 Å². The van der Waals surface area contributed by atoms with Crippen LogP contribution in [-0.4, -0.2) is 4.70 Å². The minimum absolute atomic E-state index is 0.852. The third-order valence-electron chi connectivity index (χ3n) is 6.28. The van der Waals surface area contributed by atoms with Gasteiger partial charge in [-0.05, 0) is 68.0 Å². The summed E-state index contributed by atoms with van der Waals surface area (Å²) in [6.45, 7) is 6.56. The minimum atomic E-state index is 0.852. The van der Waals surface area contributed by atoms with Crippen molar-refractivity contribution in [2.75, 3.05) is 0 Å². The van der Waals surface area contributed by atoms with Crippen molar-refractivity contribution in [2.45, 2.75) is 85.0 Å². The number of hydrogen-bond acceptors (Lipinski definition) is 0. The van der Waals surface area contributed by atoms with Crippen LogP contribution >= 0.6 is 0 Å². The van der Waals surface area contributed by atoms with Crippen LogP contribution in [0.15, 0.2) is 60.2 Å². The van der Waals surface area contributed by atoms with Gasteiger partial charge < -0.3 is 5.53 Å². The summed E-state index contributed by atoms with van der Waals surface area (Å²) in [7, 11) is 0. The van der Waals surface area contributed by atoms with Crippen LogP contribution < -0.4 is 0 Å². The fourth-order valence-electron chi connectivity index (χ4n) is 4.34. The number of benzene rings is 2. The predicted molar refractivity (Wildman–Crippen MR) is 133 cm³/mol. The van der Waals surface area contributed by atoms with Crippen molar-refractivity contribution in [3.63, 3.8) is 0 Å². The summed E-state index contributed by atoms with van der Waals surface area (Å²) in [5, 5.41) is 0. The van der Waals surface area contributed by atoms with E-state index in [2.05, 4.69) is 75.4 Å². The zero-order chi connectivity index (χ0) is 22.1. The normalized spacial score (nSPS) is 13.8. The van der Waals surface area contributed by atoms with Gasteiger partial charge in [-0.2, -0.15) is 0 Å². The fraction of sp³-hybridized carbons (Fsp3) is 0.448. The number of unbranched alkanes of at least 4 members (excludes halogenated alkanes) is 6. The molecule has 0 radical (unpaired) electrons. The zero-order valence-corrected chi connectivity index (χ0v) is 19.7. The molecule has 0 aromatic heterocycles. The summed E-state index contributed by atoms with van der Waals surface area (Å²) in [4.78, 5) is 0. The largest absolute Gasteiger partial charge is 0.493 e. The van der Waals surface area contributed by atoms with Gasteiger partial charge >= 0.3 is 0 Å². The molecule has 2 aromatic rings. The van der Waals surface area contributed by atoms with Crippen molar-refractivity contribution < 1.29 is 4.70 Å². The standard InChI is InChI=1S/C29H38N2/c1-4-6-8-9-10-11-13-25-16-20-27(21-17-25)29-23(3)22-28(31(29)30)26-18-14-24(15-19-26)12-7-5-2/h14-22H,4-13H2,1-3H3. The fourth-order valence-corrected chi connectivity index (χ4v) is 4.34. The number of aryl methyl sites for hydroxylation is 2. The molecule has 0 spiro atoms. The molecule has 2 heteroatoms. The van der Waals surface area contributed by atoms with Gasteiger partial charge in [0.05, 0.1) is 0 Å². The molecule has 3 rings (SSSR count). The molecule has 0 saturated carbocycles. The maximum Gasteiger partial charge on any atom is 0.210 e. The van der Waals surface area contributed by atoms with Crippen LogP contribution in [0.4, 0.5) is 0 Å². The zero-order valence-electron chi connectivity index (χ0n) is 19.7. The Morgan fingerprint density at radius 3 is 1.77 bits per heavy atom. The molecule has 1 aliphatic heterocycles. The first-order chi connectivity index (χ1) is 15.1. The number of nitrogens with zero attached hydrogens (tertiary/aromatic N) is 2. The maximum absolute atomic E-state index is 11.0. The van der Waals surface area contributed by atoms with Crippen molar-refractivity contribution in [2.24, 2.45) is 0 Å². The highest BCUT2D eigenvalue weighted by Crippen LogP contribution is 2.35. The van der Waals surface area contributed by atoms with Crippen molar-refractivity contribution in [3.05, 3.63) is 88.0 Å². The molecular weight excluding hydrogens is 376 g/mol. The maximum atomic E-state index is 11.0. The van der Waals surface area contributed by atoms with E-state index in [1.165, 1.54) is 67.2 Å². The lowest BCUT2D eigenvalue weighted by molar-refractivity contribution is -0.344. The van der Waals surface area contributed by atoms with Crippen LogP contribution in [0.25, 0.3) is 16.9 Å². The Morgan fingerprint density at radius 1 is 0.645 bits per heavy atom. The van der Waals surface area contributed by atoms with Gasteiger partial charge in [0.2, 0.25) is 11.4 Å². The van der Waals surface area contributed by atoms with E-state index >= 15 is 0 Å². The number of allylic oxidation sites excluding steroid dienone is 2. The second-order valence-electron chi connectivity index (χ2n) is 8.89. The smallest absolute Gasteiger partial charge is 0.210 e. The molecule has 0 unspecified atom stereocenters. The molecule has 1 heterocycles. The summed E-state index contributed by atoms with van der Waals surface area (Å²) in [5.41, 5.74) is 18.7. The molecule has 164 valence electrons. The van der Waals surface area contributed by atoms with Crippen molar-refractivity contribution >= 4 is 11.4 Å². The summed E-state index contributed by atoms with van der Waals surface area (Å²) in [5.74, 6) is 0. The Kier molecular flexibility index (Phi) is 8.82. The molecule has 0 atom stereocenters. The molecular formula is C29H38N2. The molecule has 0 amide bonds. The topological polar surface area (TPSA) is 25.3 Å². The van der Waals surface area contributed by atoms with E-state index in [1.807, 2.05) is 0 Å². The first kappa shape index (κ1) is 23.2. The summed E-state index contributed by atoms with van der Waals surface area (Å²) >= 11 is 0. The SMILES string of the molecule is CCCCCCCCc1ccc(C2=C(C)C=C(c3ccc(CCCC)cc3)[N+]2=[N-])cc1. The Labute approximate surface area is 189 Å². The molecule has 31 heavy (non-hydrogen) atoms. The monoisotopic (exact) mass is 414 g/mol. The van der Waals surface area contributed by atoms with Crippen LogP contribution in [0.3, 0.4) is 0 Å². The van der Waals surface area contributed by atoms with Crippen LogP contribution in [0.1, 0.15) is 94.4 Å². The highest BCUT2D eigenvalue weighted by Gasteiger charge is 2.26. The third kappa shape index (κ3) is 6.26. The Hall–Kier alpha value is -2.48. The Morgan fingerprint density at radius 2 is 1.16 bits per heavy atom. The van der Waals surface area contributed by atoms with Gasteiger partial charge in [0.15, 0.2) is 0 Å². The van der Waals surface area contributed by atoms with Crippen LogP contribution in [0, 0.1) is 0 Å². The van der Waals surface area contributed by atoms with Gasteiger partial charge in [0.1, 0.15) is 0 Å². The summed E-state index contributed by atoms with van der Waals surface area (Å²) < 4.78 is 1.36. The first-order valence-corrected chi connectivity index (χ1v) is 12.2. The summed E-state index contributed by atoms with van der Waals surface area (Å²) in [6.07, 6.45) is 14.7. The molecule has 0 N–H and O–H groups in total. The van der Waals surface area contributed by atoms with Gasteiger partial charge in [-0.3, -0.25) is 0 Å². The van der Waals surface area contributed by atoms with E-state index < -0.39 is 0 Å². The molecule has 1 aliphatic rings.